The Hall–Kier alpha value is -2.31. The Morgan fingerprint density at radius 1 is 1.25 bits per heavy atom. The predicted octanol–water partition coefficient (Wildman–Crippen LogP) is 2.91. The van der Waals surface area contributed by atoms with Crippen molar-refractivity contribution in [1.82, 2.24) is 24.9 Å². The number of carbonyl (C=O) groups is 1. The fourth-order valence-corrected chi connectivity index (χ4v) is 3.25. The van der Waals surface area contributed by atoms with Gasteiger partial charge in [-0.1, -0.05) is 19.3 Å². The number of hydrogen-bond donors (Lipinski definition) is 2. The molecule has 0 atom stereocenters. The van der Waals surface area contributed by atoms with Gasteiger partial charge in [0.25, 0.3) is 0 Å². The van der Waals surface area contributed by atoms with Gasteiger partial charge in [-0.2, -0.15) is 10.2 Å². The second-order valence-corrected chi connectivity index (χ2v) is 6.43. The number of hydrogen-bond acceptors (Lipinski definition) is 3. The number of anilines is 1. The number of amides is 2. The molecule has 2 aromatic heterocycles. The molecule has 0 aliphatic heterocycles. The van der Waals surface area contributed by atoms with Crippen LogP contribution in [-0.2, 0) is 13.1 Å². The third-order valence-corrected chi connectivity index (χ3v) is 4.67. The molecule has 2 aromatic rings. The van der Waals surface area contributed by atoms with Gasteiger partial charge in [0.1, 0.15) is 0 Å². The molecule has 0 bridgehead atoms. The maximum absolute atomic E-state index is 12.1. The highest BCUT2D eigenvalue weighted by molar-refractivity contribution is 5.89. The van der Waals surface area contributed by atoms with Crippen molar-refractivity contribution < 1.29 is 4.79 Å². The lowest BCUT2D eigenvalue weighted by Crippen LogP contribution is -2.38. The topological polar surface area (TPSA) is 76.8 Å². The molecule has 130 valence electrons. The molecule has 0 spiro atoms. The number of aryl methyl sites for hydroxylation is 1. The second-order valence-electron chi connectivity index (χ2n) is 6.43. The molecule has 0 unspecified atom stereocenters. The summed E-state index contributed by atoms with van der Waals surface area (Å²) in [6.07, 6.45) is 11.2. The summed E-state index contributed by atoms with van der Waals surface area (Å²) in [5.41, 5.74) is 3.00. The van der Waals surface area contributed by atoms with Gasteiger partial charge in [0.2, 0.25) is 0 Å². The van der Waals surface area contributed by atoms with Crippen LogP contribution >= 0.6 is 0 Å². The van der Waals surface area contributed by atoms with Crippen molar-refractivity contribution in [3.05, 3.63) is 29.8 Å². The molecule has 0 radical (unpaired) electrons. The van der Waals surface area contributed by atoms with E-state index in [-0.39, 0.29) is 6.03 Å². The summed E-state index contributed by atoms with van der Waals surface area (Å²) in [6.45, 7) is 5.65. The quantitative estimate of drug-likeness (QED) is 0.885. The third-order valence-electron chi connectivity index (χ3n) is 4.67. The number of nitrogens with zero attached hydrogens (tertiary/aromatic N) is 4. The standard InChI is InChI=1S/C17H26N6O/c1-3-23-13(2)14(9-19-23)11-22-12-16(10-18-22)21-17(24)20-15-7-5-4-6-8-15/h9-10,12,15H,3-8,11H2,1-2H3,(H2,20,21,24). The predicted molar refractivity (Wildman–Crippen MR) is 93.0 cm³/mol. The number of carbonyl (C=O) groups excluding carboxylic acids is 1. The van der Waals surface area contributed by atoms with Crippen LogP contribution in [0.1, 0.15) is 50.3 Å². The Bertz CT molecular complexity index is 683. The van der Waals surface area contributed by atoms with Crippen LogP contribution in [0.4, 0.5) is 10.5 Å². The fraction of sp³-hybridized carbons (Fsp3) is 0.588. The van der Waals surface area contributed by atoms with E-state index in [4.69, 9.17) is 0 Å². The summed E-state index contributed by atoms with van der Waals surface area (Å²) in [7, 11) is 0. The lowest BCUT2D eigenvalue weighted by Gasteiger charge is -2.22. The maximum Gasteiger partial charge on any atom is 0.319 e. The van der Waals surface area contributed by atoms with Crippen molar-refractivity contribution >= 4 is 11.7 Å². The van der Waals surface area contributed by atoms with Crippen molar-refractivity contribution in [2.75, 3.05) is 5.32 Å². The Morgan fingerprint density at radius 3 is 2.75 bits per heavy atom. The van der Waals surface area contributed by atoms with Crippen LogP contribution in [0.5, 0.6) is 0 Å². The molecule has 2 heterocycles. The van der Waals surface area contributed by atoms with Gasteiger partial charge in [-0.05, 0) is 26.7 Å². The molecule has 0 saturated heterocycles. The summed E-state index contributed by atoms with van der Waals surface area (Å²) in [4.78, 5) is 12.1. The van der Waals surface area contributed by atoms with E-state index in [9.17, 15) is 4.79 Å². The number of nitrogens with one attached hydrogen (secondary N) is 2. The normalized spacial score (nSPS) is 15.4. The van der Waals surface area contributed by atoms with Gasteiger partial charge in [-0.15, -0.1) is 0 Å². The first-order chi connectivity index (χ1) is 11.7. The van der Waals surface area contributed by atoms with Crippen LogP contribution in [0.25, 0.3) is 0 Å². The van der Waals surface area contributed by atoms with Crippen LogP contribution in [0.2, 0.25) is 0 Å². The highest BCUT2D eigenvalue weighted by Gasteiger charge is 2.16. The van der Waals surface area contributed by atoms with Crippen LogP contribution in [-0.4, -0.2) is 31.6 Å². The summed E-state index contributed by atoms with van der Waals surface area (Å²) in [5.74, 6) is 0. The fourth-order valence-electron chi connectivity index (χ4n) is 3.25. The van der Waals surface area contributed by atoms with Crippen molar-refractivity contribution in [1.29, 1.82) is 0 Å². The van der Waals surface area contributed by atoms with Crippen LogP contribution in [0.15, 0.2) is 18.6 Å². The van der Waals surface area contributed by atoms with Gasteiger partial charge < -0.3 is 10.6 Å². The first-order valence-corrected chi connectivity index (χ1v) is 8.77. The van der Waals surface area contributed by atoms with E-state index in [0.717, 1.165) is 30.6 Å². The zero-order chi connectivity index (χ0) is 16.9. The zero-order valence-electron chi connectivity index (χ0n) is 14.5. The van der Waals surface area contributed by atoms with E-state index in [2.05, 4.69) is 34.7 Å². The van der Waals surface area contributed by atoms with E-state index in [0.29, 0.717) is 18.3 Å². The Balaban J connectivity index is 1.54. The molecule has 0 aromatic carbocycles. The summed E-state index contributed by atoms with van der Waals surface area (Å²) in [6, 6.07) is 0.160. The molecule has 2 amide bonds. The lowest BCUT2D eigenvalue weighted by atomic mass is 9.96. The van der Waals surface area contributed by atoms with Crippen molar-refractivity contribution in [3.8, 4) is 0 Å². The first kappa shape index (κ1) is 16.5. The van der Waals surface area contributed by atoms with Crippen LogP contribution in [0, 0.1) is 6.92 Å². The van der Waals surface area contributed by atoms with Crippen LogP contribution < -0.4 is 10.6 Å². The first-order valence-electron chi connectivity index (χ1n) is 8.77. The SMILES string of the molecule is CCn1ncc(Cn2cc(NC(=O)NC3CCCCC3)cn2)c1C. The smallest absolute Gasteiger partial charge is 0.319 e. The van der Waals surface area contributed by atoms with Crippen molar-refractivity contribution in [2.24, 2.45) is 0 Å². The van der Waals surface area contributed by atoms with Crippen molar-refractivity contribution in [3.63, 3.8) is 0 Å². The van der Waals surface area contributed by atoms with E-state index in [1.807, 2.05) is 21.8 Å². The number of urea groups is 1. The minimum absolute atomic E-state index is 0.142. The minimum Gasteiger partial charge on any atom is -0.335 e. The maximum atomic E-state index is 12.1. The minimum atomic E-state index is -0.142. The Morgan fingerprint density at radius 2 is 2.04 bits per heavy atom. The lowest BCUT2D eigenvalue weighted by molar-refractivity contribution is 0.244. The number of rotatable bonds is 5. The van der Waals surface area contributed by atoms with E-state index in [1.54, 1.807) is 6.20 Å². The molecule has 2 N–H and O–H groups in total. The van der Waals surface area contributed by atoms with Gasteiger partial charge in [-0.25, -0.2) is 4.79 Å². The molecule has 7 heteroatoms. The average Bonchev–Trinajstić information content (AvgIpc) is 3.16. The molecule has 7 nitrogen and oxygen atoms in total. The molecule has 1 aliphatic carbocycles. The van der Waals surface area contributed by atoms with E-state index in [1.165, 1.54) is 19.3 Å². The summed E-state index contributed by atoms with van der Waals surface area (Å²) < 4.78 is 3.79. The summed E-state index contributed by atoms with van der Waals surface area (Å²) in [5, 5.41) is 14.6. The highest BCUT2D eigenvalue weighted by Crippen LogP contribution is 2.17. The molecular formula is C17H26N6O. The van der Waals surface area contributed by atoms with E-state index < -0.39 is 0 Å². The molecular weight excluding hydrogens is 304 g/mol. The monoisotopic (exact) mass is 330 g/mol. The molecule has 1 aliphatic rings. The highest BCUT2D eigenvalue weighted by atomic mass is 16.2. The molecule has 3 rings (SSSR count). The van der Waals surface area contributed by atoms with Gasteiger partial charge in [0, 0.05) is 30.0 Å². The third kappa shape index (κ3) is 3.96. The van der Waals surface area contributed by atoms with Gasteiger partial charge in [0.05, 0.1) is 24.6 Å². The second kappa shape index (κ2) is 7.51. The molecule has 24 heavy (non-hydrogen) atoms. The largest absolute Gasteiger partial charge is 0.335 e. The van der Waals surface area contributed by atoms with Crippen LogP contribution in [0.3, 0.4) is 0 Å². The summed E-state index contributed by atoms with van der Waals surface area (Å²) >= 11 is 0. The van der Waals surface area contributed by atoms with Gasteiger partial charge in [0.15, 0.2) is 0 Å². The van der Waals surface area contributed by atoms with Gasteiger partial charge in [-0.3, -0.25) is 9.36 Å². The molecule has 1 saturated carbocycles. The van der Waals surface area contributed by atoms with E-state index >= 15 is 0 Å². The van der Waals surface area contributed by atoms with Crippen molar-refractivity contribution in [2.45, 2.75) is 65.1 Å². The zero-order valence-corrected chi connectivity index (χ0v) is 14.5. The Labute approximate surface area is 142 Å². The number of aromatic nitrogens is 4. The average molecular weight is 330 g/mol. The molecule has 1 fully saturated rings. The van der Waals surface area contributed by atoms with Gasteiger partial charge >= 0.3 is 6.03 Å². The Kier molecular flexibility index (Phi) is 5.17.